The number of para-hydroxylation sites is 2. The maximum Gasteiger partial charge on any atom is 0.257 e. The van der Waals surface area contributed by atoms with Crippen molar-refractivity contribution in [2.24, 2.45) is 0 Å². The number of fused-ring (bicyclic) bond motifs is 1. The summed E-state index contributed by atoms with van der Waals surface area (Å²) < 4.78 is 5.78. The Morgan fingerprint density at radius 2 is 1.80 bits per heavy atom. The van der Waals surface area contributed by atoms with Crippen molar-refractivity contribution in [1.82, 2.24) is 20.1 Å². The van der Waals surface area contributed by atoms with Crippen LogP contribution in [0.1, 0.15) is 15.9 Å². The fourth-order valence-corrected chi connectivity index (χ4v) is 4.31. The zero-order valence-corrected chi connectivity index (χ0v) is 17.7. The molecule has 8 heteroatoms. The van der Waals surface area contributed by atoms with Gasteiger partial charge in [0.1, 0.15) is 5.52 Å². The van der Waals surface area contributed by atoms with Crippen LogP contribution in [0.25, 0.3) is 11.1 Å². The van der Waals surface area contributed by atoms with E-state index in [0.717, 1.165) is 16.7 Å². The third-order valence-corrected chi connectivity index (χ3v) is 6.06. The van der Waals surface area contributed by atoms with E-state index in [4.69, 9.17) is 4.42 Å². The highest BCUT2D eigenvalue weighted by molar-refractivity contribution is 7.98. The highest BCUT2D eigenvalue weighted by Gasteiger charge is 2.24. The van der Waals surface area contributed by atoms with Crippen LogP contribution in [0.2, 0.25) is 0 Å². The van der Waals surface area contributed by atoms with Crippen molar-refractivity contribution in [3.63, 3.8) is 0 Å². The fraction of sp³-hybridized carbons (Fsp3) is 0.318. The van der Waals surface area contributed by atoms with Gasteiger partial charge >= 0.3 is 0 Å². The molecule has 3 aromatic rings. The van der Waals surface area contributed by atoms with Crippen LogP contribution >= 0.6 is 11.8 Å². The van der Waals surface area contributed by atoms with Crippen LogP contribution in [0, 0.1) is 0 Å². The summed E-state index contributed by atoms with van der Waals surface area (Å²) in [6.45, 7) is 2.99. The monoisotopic (exact) mass is 424 g/mol. The number of nitrogens with one attached hydrogen (secondary N) is 1. The second-order valence-electron chi connectivity index (χ2n) is 7.13. The van der Waals surface area contributed by atoms with E-state index in [2.05, 4.69) is 15.2 Å². The summed E-state index contributed by atoms with van der Waals surface area (Å²) in [5.41, 5.74) is 3.27. The van der Waals surface area contributed by atoms with E-state index in [-0.39, 0.29) is 11.8 Å². The predicted molar refractivity (Wildman–Crippen MR) is 116 cm³/mol. The minimum atomic E-state index is -0.00339. The molecule has 30 heavy (non-hydrogen) atoms. The molecule has 4 rings (SSSR count). The van der Waals surface area contributed by atoms with Crippen molar-refractivity contribution in [2.75, 3.05) is 39.8 Å². The Balaban J connectivity index is 1.40. The number of thioether (sulfide) groups is 1. The molecule has 0 radical (unpaired) electrons. The van der Waals surface area contributed by atoms with Crippen molar-refractivity contribution < 1.29 is 14.0 Å². The van der Waals surface area contributed by atoms with Gasteiger partial charge in [0.05, 0.1) is 6.54 Å². The van der Waals surface area contributed by atoms with Crippen molar-refractivity contribution in [1.29, 1.82) is 0 Å². The zero-order chi connectivity index (χ0) is 20.9. The van der Waals surface area contributed by atoms with Crippen LogP contribution in [0.4, 0.5) is 0 Å². The SMILES string of the molecule is CNC(=O)CN1CCN(C(=O)c2ccccc2CSc2nc3ccccc3o2)CC1. The number of carbonyl (C=O) groups is 2. The van der Waals surface area contributed by atoms with E-state index < -0.39 is 0 Å². The molecule has 1 aliphatic rings. The summed E-state index contributed by atoms with van der Waals surface area (Å²) in [4.78, 5) is 33.1. The van der Waals surface area contributed by atoms with E-state index in [1.165, 1.54) is 11.8 Å². The van der Waals surface area contributed by atoms with Gasteiger partial charge in [-0.2, -0.15) is 0 Å². The number of likely N-dealkylation sites (N-methyl/N-ethyl adjacent to an activating group) is 1. The van der Waals surface area contributed by atoms with Crippen LogP contribution in [-0.4, -0.2) is 66.4 Å². The van der Waals surface area contributed by atoms with Crippen LogP contribution in [0.15, 0.2) is 58.2 Å². The minimum Gasteiger partial charge on any atom is -0.431 e. The number of amides is 2. The lowest BCUT2D eigenvalue weighted by molar-refractivity contribution is -0.122. The van der Waals surface area contributed by atoms with Gasteiger partial charge in [-0.15, -0.1) is 0 Å². The van der Waals surface area contributed by atoms with Gasteiger partial charge in [0.25, 0.3) is 11.1 Å². The highest BCUT2D eigenvalue weighted by atomic mass is 32.2. The molecule has 1 aliphatic heterocycles. The van der Waals surface area contributed by atoms with Crippen LogP contribution in [0.3, 0.4) is 0 Å². The molecule has 0 aliphatic carbocycles. The number of benzene rings is 2. The molecule has 7 nitrogen and oxygen atoms in total. The molecular weight excluding hydrogens is 400 g/mol. The first-order chi connectivity index (χ1) is 14.6. The minimum absolute atomic E-state index is 0.00339. The molecule has 2 amide bonds. The van der Waals surface area contributed by atoms with Gasteiger partial charge in [-0.25, -0.2) is 4.98 Å². The predicted octanol–water partition coefficient (Wildman–Crippen LogP) is 2.62. The Morgan fingerprint density at radius 3 is 2.57 bits per heavy atom. The lowest BCUT2D eigenvalue weighted by Crippen LogP contribution is -2.51. The number of oxazole rings is 1. The lowest BCUT2D eigenvalue weighted by Gasteiger charge is -2.34. The van der Waals surface area contributed by atoms with Crippen molar-refractivity contribution in [2.45, 2.75) is 11.0 Å². The van der Waals surface area contributed by atoms with Crippen LogP contribution < -0.4 is 5.32 Å². The number of carbonyl (C=O) groups excluding carboxylic acids is 2. The topological polar surface area (TPSA) is 78.7 Å². The summed E-state index contributed by atoms with van der Waals surface area (Å²) >= 11 is 1.49. The van der Waals surface area contributed by atoms with Crippen LogP contribution in [0.5, 0.6) is 0 Å². The third-order valence-electron chi connectivity index (χ3n) is 5.18. The van der Waals surface area contributed by atoms with Gasteiger partial charge in [-0.05, 0) is 23.8 Å². The van der Waals surface area contributed by atoms with Gasteiger partial charge in [-0.3, -0.25) is 14.5 Å². The smallest absolute Gasteiger partial charge is 0.257 e. The fourth-order valence-electron chi connectivity index (χ4n) is 3.47. The molecule has 0 unspecified atom stereocenters. The van der Waals surface area contributed by atoms with Gasteiger partial charge in [0.2, 0.25) is 5.91 Å². The first-order valence-electron chi connectivity index (χ1n) is 9.92. The van der Waals surface area contributed by atoms with E-state index in [0.29, 0.717) is 49.3 Å². The van der Waals surface area contributed by atoms with Crippen molar-refractivity contribution >= 4 is 34.7 Å². The maximum atomic E-state index is 13.1. The van der Waals surface area contributed by atoms with Gasteiger partial charge in [0, 0.05) is 44.5 Å². The number of nitrogens with zero attached hydrogens (tertiary/aromatic N) is 3. The highest BCUT2D eigenvalue weighted by Crippen LogP contribution is 2.27. The normalized spacial score (nSPS) is 14.8. The summed E-state index contributed by atoms with van der Waals surface area (Å²) in [7, 11) is 1.64. The first-order valence-corrected chi connectivity index (χ1v) is 10.9. The molecule has 1 fully saturated rings. The number of rotatable bonds is 6. The summed E-state index contributed by atoms with van der Waals surface area (Å²) in [6.07, 6.45) is 0. The molecule has 156 valence electrons. The number of hydrogen-bond acceptors (Lipinski definition) is 6. The van der Waals surface area contributed by atoms with Crippen molar-refractivity contribution in [3.8, 4) is 0 Å². The zero-order valence-electron chi connectivity index (χ0n) is 16.8. The molecule has 1 aromatic heterocycles. The second-order valence-corrected chi connectivity index (χ2v) is 8.06. The Labute approximate surface area is 179 Å². The lowest BCUT2D eigenvalue weighted by atomic mass is 10.1. The molecule has 0 bridgehead atoms. The van der Waals surface area contributed by atoms with Crippen molar-refractivity contribution in [3.05, 3.63) is 59.7 Å². The summed E-state index contributed by atoms with van der Waals surface area (Å²) in [5, 5.41) is 3.24. The van der Waals surface area contributed by atoms with E-state index in [1.807, 2.05) is 53.4 Å². The number of hydrogen-bond donors (Lipinski definition) is 1. The molecule has 1 N–H and O–H groups in total. The second kappa shape index (κ2) is 9.32. The Morgan fingerprint density at radius 1 is 1.07 bits per heavy atom. The Kier molecular flexibility index (Phi) is 6.35. The number of aromatic nitrogens is 1. The Bertz CT molecular complexity index is 1010. The molecule has 0 spiro atoms. The first kappa shape index (κ1) is 20.4. The molecule has 1 saturated heterocycles. The molecule has 2 aromatic carbocycles. The third kappa shape index (κ3) is 4.66. The van der Waals surface area contributed by atoms with Crippen LogP contribution in [-0.2, 0) is 10.5 Å². The quantitative estimate of drug-likeness (QED) is 0.613. The molecular formula is C22H24N4O3S. The van der Waals surface area contributed by atoms with Gasteiger partial charge < -0.3 is 14.6 Å². The van der Waals surface area contributed by atoms with E-state index in [1.54, 1.807) is 7.05 Å². The van der Waals surface area contributed by atoms with E-state index >= 15 is 0 Å². The number of piperazine rings is 1. The summed E-state index contributed by atoms with van der Waals surface area (Å²) in [5.74, 6) is 0.630. The van der Waals surface area contributed by atoms with E-state index in [9.17, 15) is 9.59 Å². The molecule has 0 saturated carbocycles. The maximum absolute atomic E-state index is 13.1. The molecule has 2 heterocycles. The average Bonchev–Trinajstić information content (AvgIpc) is 3.21. The largest absolute Gasteiger partial charge is 0.431 e. The average molecular weight is 425 g/mol. The van der Waals surface area contributed by atoms with Gasteiger partial charge in [0.15, 0.2) is 5.58 Å². The summed E-state index contributed by atoms with van der Waals surface area (Å²) in [6, 6.07) is 15.4. The molecule has 0 atom stereocenters. The Hall–Kier alpha value is -2.84. The van der Waals surface area contributed by atoms with Gasteiger partial charge in [-0.1, -0.05) is 42.1 Å². The standard InChI is InChI=1S/C22H24N4O3S/c1-23-20(27)14-25-10-12-26(13-11-25)21(28)17-7-3-2-6-16(17)15-30-22-24-18-8-4-5-9-19(18)29-22/h2-9H,10-15H2,1H3,(H,23,27).